The molecule has 0 aromatic carbocycles. The minimum atomic E-state index is 0. The first-order valence-corrected chi connectivity index (χ1v) is 9.06. The zero-order valence-electron chi connectivity index (χ0n) is 15.4. The fourth-order valence-corrected chi connectivity index (χ4v) is 3.17. The molecule has 138 valence electrons. The summed E-state index contributed by atoms with van der Waals surface area (Å²) >= 11 is 0. The molecule has 0 bridgehead atoms. The van der Waals surface area contributed by atoms with Crippen molar-refractivity contribution in [1.82, 2.24) is 20.1 Å². The first kappa shape index (κ1) is 21.3. The summed E-state index contributed by atoms with van der Waals surface area (Å²) in [5.74, 6) is 1.67. The molecule has 2 heterocycles. The normalized spacial score (nSPS) is 18.7. The van der Waals surface area contributed by atoms with Crippen molar-refractivity contribution in [3.05, 3.63) is 24.5 Å². The van der Waals surface area contributed by atoms with E-state index >= 15 is 0 Å². The lowest BCUT2D eigenvalue weighted by Crippen LogP contribution is -2.40. The van der Waals surface area contributed by atoms with Gasteiger partial charge in [0.2, 0.25) is 0 Å². The first-order valence-electron chi connectivity index (χ1n) is 9.06. The lowest BCUT2D eigenvalue weighted by molar-refractivity contribution is 0.231. The van der Waals surface area contributed by atoms with Gasteiger partial charge in [0.05, 0.1) is 6.54 Å². The van der Waals surface area contributed by atoms with Gasteiger partial charge in [-0.1, -0.05) is 13.8 Å². The monoisotopic (exact) mass is 447 g/mol. The zero-order valence-corrected chi connectivity index (χ0v) is 17.7. The van der Waals surface area contributed by atoms with Crippen LogP contribution in [0.25, 0.3) is 0 Å². The minimum absolute atomic E-state index is 0. The molecule has 1 saturated heterocycles. The van der Waals surface area contributed by atoms with Crippen LogP contribution in [-0.4, -0.2) is 54.2 Å². The molecule has 0 radical (unpaired) electrons. The smallest absolute Gasteiger partial charge is 0.191 e. The van der Waals surface area contributed by atoms with Crippen LogP contribution in [0.3, 0.4) is 0 Å². The standard InChI is InChI=1S/C18H33N5.HI/c1-4-19-18(20-9-13-22-10-5-6-11-22)21-14-17-8-7-12-23(17)15-16(2)3;/h5-6,10-11,16-17H,4,7-9,12-15H2,1-3H3,(H2,19,20,21);1H/t17-;/m1./s1. The average Bonchev–Trinajstić information content (AvgIpc) is 3.16. The van der Waals surface area contributed by atoms with Crippen molar-refractivity contribution in [2.75, 3.05) is 32.7 Å². The van der Waals surface area contributed by atoms with Crippen molar-refractivity contribution in [3.8, 4) is 0 Å². The molecule has 0 aliphatic carbocycles. The maximum atomic E-state index is 4.82. The van der Waals surface area contributed by atoms with E-state index in [1.54, 1.807) is 0 Å². The summed E-state index contributed by atoms with van der Waals surface area (Å²) in [5, 5.41) is 6.79. The predicted octanol–water partition coefficient (Wildman–Crippen LogP) is 2.78. The highest BCUT2D eigenvalue weighted by Gasteiger charge is 2.24. The number of hydrogen-bond acceptors (Lipinski definition) is 2. The third kappa shape index (κ3) is 7.42. The second-order valence-corrected chi connectivity index (χ2v) is 6.75. The van der Waals surface area contributed by atoms with Crippen molar-refractivity contribution in [3.63, 3.8) is 0 Å². The number of nitrogens with one attached hydrogen (secondary N) is 2. The van der Waals surface area contributed by atoms with Crippen LogP contribution in [0.1, 0.15) is 33.6 Å². The molecule has 1 aliphatic rings. The van der Waals surface area contributed by atoms with Gasteiger partial charge in [-0.25, -0.2) is 0 Å². The highest BCUT2D eigenvalue weighted by Crippen LogP contribution is 2.18. The quantitative estimate of drug-likeness (QED) is 0.366. The maximum absolute atomic E-state index is 4.82. The Hall–Kier alpha value is -0.760. The molecule has 1 aromatic rings. The van der Waals surface area contributed by atoms with Gasteiger partial charge in [0.15, 0.2) is 5.96 Å². The fraction of sp³-hybridized carbons (Fsp3) is 0.722. The van der Waals surface area contributed by atoms with Gasteiger partial charge in [0.25, 0.3) is 0 Å². The minimum Gasteiger partial charge on any atom is -0.357 e. The Morgan fingerprint density at radius 2 is 2.00 bits per heavy atom. The molecule has 0 saturated carbocycles. The number of guanidine groups is 1. The topological polar surface area (TPSA) is 44.6 Å². The largest absolute Gasteiger partial charge is 0.357 e. The van der Waals surface area contributed by atoms with Gasteiger partial charge in [0.1, 0.15) is 0 Å². The Bertz CT molecular complexity index is 458. The fourth-order valence-electron chi connectivity index (χ4n) is 3.17. The van der Waals surface area contributed by atoms with Crippen molar-refractivity contribution >= 4 is 29.9 Å². The average molecular weight is 447 g/mol. The van der Waals surface area contributed by atoms with Crippen LogP contribution in [0, 0.1) is 5.92 Å². The second kappa shape index (κ2) is 11.7. The lowest BCUT2D eigenvalue weighted by Gasteiger charge is -2.25. The van der Waals surface area contributed by atoms with Gasteiger partial charge in [-0.2, -0.15) is 0 Å². The van der Waals surface area contributed by atoms with Gasteiger partial charge >= 0.3 is 0 Å². The molecule has 1 aliphatic heterocycles. The number of nitrogens with zero attached hydrogens (tertiary/aromatic N) is 3. The predicted molar refractivity (Wildman–Crippen MR) is 113 cm³/mol. The molecule has 0 unspecified atom stereocenters. The lowest BCUT2D eigenvalue weighted by atomic mass is 10.2. The molecular weight excluding hydrogens is 413 g/mol. The Morgan fingerprint density at radius 3 is 2.67 bits per heavy atom. The zero-order chi connectivity index (χ0) is 16.5. The highest BCUT2D eigenvalue weighted by atomic mass is 127. The Morgan fingerprint density at radius 1 is 1.25 bits per heavy atom. The van der Waals surface area contributed by atoms with Gasteiger partial charge in [0, 0.05) is 44.6 Å². The Labute approximate surface area is 164 Å². The van der Waals surface area contributed by atoms with E-state index in [1.807, 2.05) is 0 Å². The molecule has 2 N–H and O–H groups in total. The molecule has 6 heteroatoms. The van der Waals surface area contributed by atoms with E-state index in [-0.39, 0.29) is 24.0 Å². The van der Waals surface area contributed by atoms with E-state index in [9.17, 15) is 0 Å². The molecule has 1 aromatic heterocycles. The van der Waals surface area contributed by atoms with Crippen molar-refractivity contribution < 1.29 is 0 Å². The van der Waals surface area contributed by atoms with Crippen LogP contribution in [0.15, 0.2) is 29.5 Å². The molecule has 5 nitrogen and oxygen atoms in total. The summed E-state index contributed by atoms with van der Waals surface area (Å²) in [6, 6.07) is 4.73. The summed E-state index contributed by atoms with van der Waals surface area (Å²) in [4.78, 5) is 7.42. The number of aromatic nitrogens is 1. The van der Waals surface area contributed by atoms with Gasteiger partial charge < -0.3 is 15.2 Å². The molecule has 24 heavy (non-hydrogen) atoms. The maximum Gasteiger partial charge on any atom is 0.191 e. The number of halogens is 1. The summed E-state index contributed by atoms with van der Waals surface area (Å²) in [6.45, 7) is 12.8. The van der Waals surface area contributed by atoms with Gasteiger partial charge in [-0.05, 0) is 44.4 Å². The summed E-state index contributed by atoms with van der Waals surface area (Å²) in [5.41, 5.74) is 0. The Kier molecular flexibility index (Phi) is 10.4. The van der Waals surface area contributed by atoms with E-state index in [4.69, 9.17) is 4.99 Å². The SMILES string of the molecule is CCNC(=NC[C@H]1CCCN1CC(C)C)NCCn1cccc1.I. The van der Waals surface area contributed by atoms with E-state index in [0.717, 1.165) is 38.1 Å². The van der Waals surface area contributed by atoms with Crippen molar-refractivity contribution in [2.24, 2.45) is 10.9 Å². The second-order valence-electron chi connectivity index (χ2n) is 6.75. The van der Waals surface area contributed by atoms with Crippen molar-refractivity contribution in [1.29, 1.82) is 0 Å². The molecule has 1 fully saturated rings. The summed E-state index contributed by atoms with van der Waals surface area (Å²) in [6.07, 6.45) is 6.77. The van der Waals surface area contributed by atoms with E-state index in [1.165, 1.54) is 25.9 Å². The molecule has 2 rings (SSSR count). The summed E-state index contributed by atoms with van der Waals surface area (Å²) in [7, 11) is 0. The Balaban J connectivity index is 0.00000288. The molecular formula is C18H34IN5. The van der Waals surface area contributed by atoms with E-state index in [2.05, 4.69) is 65.4 Å². The van der Waals surface area contributed by atoms with Gasteiger partial charge in [-0.3, -0.25) is 9.89 Å². The number of rotatable bonds is 8. The summed E-state index contributed by atoms with van der Waals surface area (Å²) < 4.78 is 2.18. The van der Waals surface area contributed by atoms with Crippen LogP contribution in [0.5, 0.6) is 0 Å². The third-order valence-electron chi connectivity index (χ3n) is 4.23. The van der Waals surface area contributed by atoms with Crippen LogP contribution in [0.2, 0.25) is 0 Å². The van der Waals surface area contributed by atoms with Crippen LogP contribution in [-0.2, 0) is 6.54 Å². The van der Waals surface area contributed by atoms with Crippen molar-refractivity contribution in [2.45, 2.75) is 46.2 Å². The molecule has 0 amide bonds. The van der Waals surface area contributed by atoms with E-state index < -0.39 is 0 Å². The van der Waals surface area contributed by atoms with Crippen LogP contribution in [0.4, 0.5) is 0 Å². The third-order valence-corrected chi connectivity index (χ3v) is 4.23. The number of aliphatic imine (C=N–C) groups is 1. The first-order chi connectivity index (χ1) is 11.2. The number of hydrogen-bond donors (Lipinski definition) is 2. The highest BCUT2D eigenvalue weighted by molar-refractivity contribution is 14.0. The molecule has 1 atom stereocenters. The number of likely N-dealkylation sites (tertiary alicyclic amines) is 1. The van der Waals surface area contributed by atoms with E-state index in [0.29, 0.717) is 6.04 Å². The van der Waals surface area contributed by atoms with Crippen LogP contribution >= 0.6 is 24.0 Å². The van der Waals surface area contributed by atoms with Gasteiger partial charge in [-0.15, -0.1) is 24.0 Å². The van der Waals surface area contributed by atoms with Crippen LogP contribution < -0.4 is 10.6 Å². The molecule has 0 spiro atoms.